The van der Waals surface area contributed by atoms with Crippen molar-refractivity contribution in [1.29, 1.82) is 0 Å². The second kappa shape index (κ2) is 6.08. The van der Waals surface area contributed by atoms with E-state index in [0.717, 1.165) is 25.8 Å². The molecule has 0 aromatic carbocycles. The minimum absolute atomic E-state index is 0.109. The SMILES string of the molecule is CCCCCN(C)c1nccc(C(=O)O)c1N. The van der Waals surface area contributed by atoms with E-state index in [9.17, 15) is 4.79 Å². The number of hydrogen-bond donors (Lipinski definition) is 2. The molecule has 0 saturated carbocycles. The molecule has 0 amide bonds. The Kier molecular flexibility index (Phi) is 4.75. The van der Waals surface area contributed by atoms with Crippen molar-refractivity contribution in [2.75, 3.05) is 24.2 Å². The number of anilines is 2. The maximum Gasteiger partial charge on any atom is 0.337 e. The van der Waals surface area contributed by atoms with Crippen LogP contribution in [0.1, 0.15) is 36.5 Å². The first-order chi connectivity index (χ1) is 8.07. The Hall–Kier alpha value is -1.78. The van der Waals surface area contributed by atoms with E-state index in [-0.39, 0.29) is 11.3 Å². The Labute approximate surface area is 101 Å². The molecule has 0 saturated heterocycles. The first-order valence-corrected chi connectivity index (χ1v) is 5.76. The molecule has 1 aromatic rings. The number of carbonyl (C=O) groups is 1. The monoisotopic (exact) mass is 237 g/mol. The van der Waals surface area contributed by atoms with Gasteiger partial charge in [-0.15, -0.1) is 0 Å². The van der Waals surface area contributed by atoms with E-state index in [1.54, 1.807) is 0 Å². The number of aromatic carboxylic acids is 1. The van der Waals surface area contributed by atoms with Crippen LogP contribution in [0.4, 0.5) is 11.5 Å². The van der Waals surface area contributed by atoms with E-state index < -0.39 is 5.97 Å². The third-order valence-electron chi connectivity index (χ3n) is 2.66. The molecule has 1 aromatic heterocycles. The molecular formula is C12H19N3O2. The van der Waals surface area contributed by atoms with E-state index in [2.05, 4.69) is 11.9 Å². The normalized spacial score (nSPS) is 10.2. The lowest BCUT2D eigenvalue weighted by molar-refractivity contribution is 0.0698. The molecule has 0 spiro atoms. The van der Waals surface area contributed by atoms with Crippen molar-refractivity contribution in [3.63, 3.8) is 0 Å². The third kappa shape index (κ3) is 3.34. The Morgan fingerprint density at radius 2 is 2.24 bits per heavy atom. The van der Waals surface area contributed by atoms with Crippen LogP contribution in [0.2, 0.25) is 0 Å². The number of rotatable bonds is 6. The average molecular weight is 237 g/mol. The summed E-state index contributed by atoms with van der Waals surface area (Å²) < 4.78 is 0. The molecule has 5 nitrogen and oxygen atoms in total. The average Bonchev–Trinajstić information content (AvgIpc) is 2.29. The maximum atomic E-state index is 10.9. The van der Waals surface area contributed by atoms with Crippen molar-refractivity contribution in [2.45, 2.75) is 26.2 Å². The number of carboxylic acids is 1. The van der Waals surface area contributed by atoms with Crippen molar-refractivity contribution in [3.05, 3.63) is 17.8 Å². The Balaban J connectivity index is 2.83. The van der Waals surface area contributed by atoms with Gasteiger partial charge in [0.15, 0.2) is 5.82 Å². The van der Waals surface area contributed by atoms with Crippen molar-refractivity contribution in [3.8, 4) is 0 Å². The fraction of sp³-hybridized carbons (Fsp3) is 0.500. The lowest BCUT2D eigenvalue weighted by Crippen LogP contribution is -2.22. The molecule has 3 N–H and O–H groups in total. The number of nitrogens with two attached hydrogens (primary N) is 1. The number of unbranched alkanes of at least 4 members (excludes halogenated alkanes) is 2. The number of hydrogen-bond acceptors (Lipinski definition) is 4. The molecule has 5 heteroatoms. The molecule has 0 aliphatic carbocycles. The number of nitrogen functional groups attached to an aromatic ring is 1. The zero-order valence-corrected chi connectivity index (χ0v) is 10.3. The summed E-state index contributed by atoms with van der Waals surface area (Å²) in [4.78, 5) is 17.0. The summed E-state index contributed by atoms with van der Waals surface area (Å²) >= 11 is 0. The Bertz CT molecular complexity index is 393. The fourth-order valence-corrected chi connectivity index (χ4v) is 1.66. The van der Waals surface area contributed by atoms with Crippen LogP contribution < -0.4 is 10.6 Å². The fourth-order valence-electron chi connectivity index (χ4n) is 1.66. The standard InChI is InChI=1S/C12H19N3O2/c1-3-4-5-8-15(2)11-10(13)9(12(16)17)6-7-14-11/h6-7H,3-5,8,13H2,1-2H3,(H,16,17). The molecule has 17 heavy (non-hydrogen) atoms. The Morgan fingerprint density at radius 1 is 1.53 bits per heavy atom. The van der Waals surface area contributed by atoms with Crippen LogP contribution in [0.3, 0.4) is 0 Å². The first kappa shape index (κ1) is 13.3. The summed E-state index contributed by atoms with van der Waals surface area (Å²) in [6.07, 6.45) is 4.81. The second-order valence-corrected chi connectivity index (χ2v) is 4.03. The van der Waals surface area contributed by atoms with E-state index in [0.29, 0.717) is 5.82 Å². The van der Waals surface area contributed by atoms with Crippen molar-refractivity contribution < 1.29 is 9.90 Å². The predicted octanol–water partition coefficient (Wildman–Crippen LogP) is 1.99. The number of pyridine rings is 1. The van der Waals surface area contributed by atoms with Gasteiger partial charge in [0.2, 0.25) is 0 Å². The van der Waals surface area contributed by atoms with Crippen molar-refractivity contribution >= 4 is 17.5 Å². The molecular weight excluding hydrogens is 218 g/mol. The van der Waals surface area contributed by atoms with Crippen LogP contribution in [0.5, 0.6) is 0 Å². The first-order valence-electron chi connectivity index (χ1n) is 5.76. The molecule has 1 heterocycles. The summed E-state index contributed by atoms with van der Waals surface area (Å²) in [7, 11) is 1.87. The van der Waals surface area contributed by atoms with Gasteiger partial charge in [0.25, 0.3) is 0 Å². The van der Waals surface area contributed by atoms with Gasteiger partial charge in [-0.3, -0.25) is 0 Å². The minimum atomic E-state index is -1.02. The number of nitrogens with zero attached hydrogens (tertiary/aromatic N) is 2. The van der Waals surface area contributed by atoms with Crippen LogP contribution in [0.25, 0.3) is 0 Å². The molecule has 1 rings (SSSR count). The van der Waals surface area contributed by atoms with Crippen molar-refractivity contribution in [2.24, 2.45) is 0 Å². The Morgan fingerprint density at radius 3 is 2.82 bits per heavy atom. The van der Waals surface area contributed by atoms with Crippen LogP contribution in [0, 0.1) is 0 Å². The van der Waals surface area contributed by atoms with E-state index in [4.69, 9.17) is 10.8 Å². The predicted molar refractivity (Wildman–Crippen MR) is 68.4 cm³/mol. The number of aromatic nitrogens is 1. The summed E-state index contributed by atoms with van der Waals surface area (Å²) in [6, 6.07) is 1.42. The van der Waals surface area contributed by atoms with Gasteiger partial charge in [-0.1, -0.05) is 19.8 Å². The van der Waals surface area contributed by atoms with Gasteiger partial charge < -0.3 is 15.7 Å². The maximum absolute atomic E-state index is 10.9. The van der Waals surface area contributed by atoms with Gasteiger partial charge in [0, 0.05) is 19.8 Å². The van der Waals surface area contributed by atoms with Crippen LogP contribution in [0.15, 0.2) is 12.3 Å². The molecule has 94 valence electrons. The molecule has 0 bridgehead atoms. The van der Waals surface area contributed by atoms with Gasteiger partial charge in [-0.05, 0) is 12.5 Å². The molecule has 0 aliphatic heterocycles. The number of carboxylic acid groups (broad SMARTS) is 1. The summed E-state index contributed by atoms with van der Waals surface area (Å²) in [5.41, 5.74) is 6.15. The molecule has 0 radical (unpaired) electrons. The second-order valence-electron chi connectivity index (χ2n) is 4.03. The highest BCUT2D eigenvalue weighted by molar-refractivity contribution is 5.96. The van der Waals surface area contributed by atoms with Gasteiger partial charge in [0.05, 0.1) is 11.3 Å². The van der Waals surface area contributed by atoms with E-state index in [1.807, 2.05) is 11.9 Å². The lowest BCUT2D eigenvalue weighted by atomic mass is 10.2. The minimum Gasteiger partial charge on any atom is -0.478 e. The highest BCUT2D eigenvalue weighted by Gasteiger charge is 2.14. The van der Waals surface area contributed by atoms with Gasteiger partial charge in [0.1, 0.15) is 0 Å². The highest BCUT2D eigenvalue weighted by atomic mass is 16.4. The molecule has 0 fully saturated rings. The quantitative estimate of drug-likeness (QED) is 0.740. The highest BCUT2D eigenvalue weighted by Crippen LogP contribution is 2.23. The zero-order valence-electron chi connectivity index (χ0n) is 10.3. The third-order valence-corrected chi connectivity index (χ3v) is 2.66. The zero-order chi connectivity index (χ0) is 12.8. The van der Waals surface area contributed by atoms with Gasteiger partial charge >= 0.3 is 5.97 Å². The summed E-state index contributed by atoms with van der Waals surface area (Å²) in [6.45, 7) is 2.96. The topological polar surface area (TPSA) is 79.5 Å². The lowest BCUT2D eigenvalue weighted by Gasteiger charge is -2.20. The van der Waals surface area contributed by atoms with Crippen LogP contribution in [-0.2, 0) is 0 Å². The molecule has 0 unspecified atom stereocenters. The van der Waals surface area contributed by atoms with E-state index >= 15 is 0 Å². The molecule has 0 aliphatic rings. The van der Waals surface area contributed by atoms with Crippen LogP contribution in [-0.4, -0.2) is 29.7 Å². The largest absolute Gasteiger partial charge is 0.478 e. The summed E-state index contributed by atoms with van der Waals surface area (Å²) in [5, 5.41) is 8.96. The summed E-state index contributed by atoms with van der Waals surface area (Å²) in [5.74, 6) is -0.478. The smallest absolute Gasteiger partial charge is 0.337 e. The molecule has 0 atom stereocenters. The van der Waals surface area contributed by atoms with Crippen LogP contribution >= 0.6 is 0 Å². The van der Waals surface area contributed by atoms with Gasteiger partial charge in [-0.25, -0.2) is 9.78 Å². The van der Waals surface area contributed by atoms with Gasteiger partial charge in [-0.2, -0.15) is 0 Å². The van der Waals surface area contributed by atoms with E-state index in [1.165, 1.54) is 12.3 Å². The van der Waals surface area contributed by atoms with Crippen molar-refractivity contribution in [1.82, 2.24) is 4.98 Å².